The molecule has 0 unspecified atom stereocenters. The topological polar surface area (TPSA) is 75.8 Å². The molecule has 2 aromatic rings. The second-order valence-corrected chi connectivity index (χ2v) is 6.92. The highest BCUT2D eigenvalue weighted by Gasteiger charge is 2.10. The molecular formula is C20H29F2N5O2. The predicted molar refractivity (Wildman–Crippen MR) is 107 cm³/mol. The number of nitrogens with zero attached hydrogens (tertiary/aromatic N) is 4. The highest BCUT2D eigenvalue weighted by molar-refractivity contribution is 5.79. The van der Waals surface area contributed by atoms with E-state index in [1.54, 1.807) is 12.1 Å². The predicted octanol–water partition coefficient (Wildman–Crippen LogP) is 3.82. The quantitative estimate of drug-likeness (QED) is 0.365. The molecule has 0 aliphatic heterocycles. The van der Waals surface area contributed by atoms with E-state index in [9.17, 15) is 8.78 Å². The van der Waals surface area contributed by atoms with Crippen LogP contribution in [0.15, 0.2) is 33.8 Å². The number of alkyl halides is 2. The minimum atomic E-state index is -2.82. The van der Waals surface area contributed by atoms with Crippen LogP contribution in [0.5, 0.6) is 5.75 Å². The van der Waals surface area contributed by atoms with E-state index in [0.717, 1.165) is 30.3 Å². The molecule has 0 fully saturated rings. The molecule has 0 aliphatic carbocycles. The molecule has 0 aliphatic rings. The summed E-state index contributed by atoms with van der Waals surface area (Å²) >= 11 is 0. The molecule has 1 aromatic carbocycles. The Labute approximate surface area is 170 Å². The van der Waals surface area contributed by atoms with E-state index >= 15 is 0 Å². The number of aliphatic imine (C=N–C) groups is 1. The van der Waals surface area contributed by atoms with E-state index in [-0.39, 0.29) is 11.7 Å². The highest BCUT2D eigenvalue weighted by atomic mass is 19.3. The Morgan fingerprint density at radius 1 is 1.28 bits per heavy atom. The first-order valence-electron chi connectivity index (χ1n) is 9.74. The number of aromatic nitrogens is 2. The summed E-state index contributed by atoms with van der Waals surface area (Å²) in [5.74, 6) is 2.52. The molecule has 1 heterocycles. The normalized spacial score (nSPS) is 11.9. The Bertz CT molecular complexity index is 762. The van der Waals surface area contributed by atoms with Crippen LogP contribution in [0.2, 0.25) is 0 Å². The van der Waals surface area contributed by atoms with E-state index < -0.39 is 6.61 Å². The number of nitrogens with one attached hydrogen (secondary N) is 1. The van der Waals surface area contributed by atoms with Gasteiger partial charge in [0.15, 0.2) is 11.8 Å². The maximum atomic E-state index is 12.2. The van der Waals surface area contributed by atoms with Gasteiger partial charge >= 0.3 is 6.61 Å². The Balaban J connectivity index is 1.87. The lowest BCUT2D eigenvalue weighted by Gasteiger charge is -2.22. The summed E-state index contributed by atoms with van der Waals surface area (Å²) in [6, 6.07) is 6.60. The van der Waals surface area contributed by atoms with Gasteiger partial charge in [0, 0.05) is 39.0 Å². The van der Waals surface area contributed by atoms with Crippen molar-refractivity contribution in [3.05, 3.63) is 41.5 Å². The smallest absolute Gasteiger partial charge is 0.387 e. The van der Waals surface area contributed by atoms with Gasteiger partial charge in [-0.05, 0) is 31.0 Å². The first-order chi connectivity index (χ1) is 13.9. The minimum Gasteiger partial charge on any atom is -0.435 e. The van der Waals surface area contributed by atoms with Crippen LogP contribution in [0.1, 0.15) is 50.4 Å². The van der Waals surface area contributed by atoms with Crippen molar-refractivity contribution in [2.45, 2.75) is 52.7 Å². The van der Waals surface area contributed by atoms with E-state index in [1.807, 2.05) is 32.7 Å². The van der Waals surface area contributed by atoms with Crippen LogP contribution in [0, 0.1) is 0 Å². The van der Waals surface area contributed by atoms with Gasteiger partial charge in [0.25, 0.3) is 0 Å². The Morgan fingerprint density at radius 2 is 2.00 bits per heavy atom. The van der Waals surface area contributed by atoms with E-state index in [2.05, 4.69) is 25.2 Å². The summed E-state index contributed by atoms with van der Waals surface area (Å²) in [7, 11) is 1.93. The number of ether oxygens (including phenoxy) is 1. The van der Waals surface area contributed by atoms with Crippen molar-refractivity contribution in [2.24, 2.45) is 4.99 Å². The maximum absolute atomic E-state index is 12.2. The maximum Gasteiger partial charge on any atom is 0.387 e. The van der Waals surface area contributed by atoms with Gasteiger partial charge in [0.2, 0.25) is 5.89 Å². The van der Waals surface area contributed by atoms with Gasteiger partial charge in [-0.25, -0.2) is 0 Å². The summed E-state index contributed by atoms with van der Waals surface area (Å²) in [6.45, 7) is 5.18. The first-order valence-corrected chi connectivity index (χ1v) is 9.74. The Hall–Kier alpha value is -2.71. The second-order valence-electron chi connectivity index (χ2n) is 6.92. The van der Waals surface area contributed by atoms with Crippen LogP contribution >= 0.6 is 0 Å². The fraction of sp³-hybridized carbons (Fsp3) is 0.550. The molecule has 1 N–H and O–H groups in total. The minimum absolute atomic E-state index is 0.147. The van der Waals surface area contributed by atoms with Crippen molar-refractivity contribution >= 4 is 5.96 Å². The molecule has 0 bridgehead atoms. The zero-order chi connectivity index (χ0) is 21.2. The van der Waals surface area contributed by atoms with Crippen LogP contribution in [0.3, 0.4) is 0 Å². The number of hydrogen-bond donors (Lipinski definition) is 1. The summed E-state index contributed by atoms with van der Waals surface area (Å²) in [5.41, 5.74) is 0.965. The van der Waals surface area contributed by atoms with Crippen LogP contribution in [0.4, 0.5) is 8.78 Å². The third kappa shape index (κ3) is 7.67. The molecule has 0 amide bonds. The van der Waals surface area contributed by atoms with Crippen molar-refractivity contribution in [3.8, 4) is 5.75 Å². The molecule has 0 atom stereocenters. The average molecular weight is 409 g/mol. The molecule has 2 rings (SSSR count). The largest absolute Gasteiger partial charge is 0.435 e. The number of hydrogen-bond acceptors (Lipinski definition) is 5. The molecule has 160 valence electrons. The van der Waals surface area contributed by atoms with Gasteiger partial charge in [-0.1, -0.05) is 31.1 Å². The lowest BCUT2D eigenvalue weighted by atomic mass is 10.2. The number of aryl methyl sites for hydroxylation is 1. The number of guanidine groups is 1. The molecule has 7 nitrogen and oxygen atoms in total. The fourth-order valence-corrected chi connectivity index (χ4v) is 2.61. The standard InChI is InChI=1S/C20H29F2N5O2/c1-5-23-20(24-12-6-7-17-25-18(14(2)3)26-29-17)27(4)13-15-8-10-16(11-9-15)28-19(21)22/h8-11,14,19H,5-7,12-13H2,1-4H3,(H,23,24). The average Bonchev–Trinajstić information content (AvgIpc) is 3.14. The van der Waals surface area contributed by atoms with Gasteiger partial charge in [0.05, 0.1) is 0 Å². The van der Waals surface area contributed by atoms with Crippen LogP contribution < -0.4 is 10.1 Å². The number of halogens is 2. The first kappa shape index (κ1) is 22.6. The monoisotopic (exact) mass is 409 g/mol. The van der Waals surface area contributed by atoms with Crippen molar-refractivity contribution in [3.63, 3.8) is 0 Å². The van der Waals surface area contributed by atoms with Crippen molar-refractivity contribution in [2.75, 3.05) is 20.1 Å². The molecule has 0 saturated carbocycles. The van der Waals surface area contributed by atoms with E-state index in [4.69, 9.17) is 4.52 Å². The Morgan fingerprint density at radius 3 is 2.59 bits per heavy atom. The van der Waals surface area contributed by atoms with Gasteiger partial charge < -0.3 is 19.5 Å². The zero-order valence-corrected chi connectivity index (χ0v) is 17.4. The van der Waals surface area contributed by atoms with Gasteiger partial charge in [-0.2, -0.15) is 13.8 Å². The summed E-state index contributed by atoms with van der Waals surface area (Å²) in [6.07, 6.45) is 1.47. The van der Waals surface area contributed by atoms with Crippen molar-refractivity contribution < 1.29 is 18.0 Å². The lowest BCUT2D eigenvalue weighted by molar-refractivity contribution is -0.0498. The second kappa shape index (κ2) is 11.3. The molecule has 9 heteroatoms. The lowest BCUT2D eigenvalue weighted by Crippen LogP contribution is -2.38. The molecular weight excluding hydrogens is 380 g/mol. The third-order valence-corrected chi connectivity index (χ3v) is 4.08. The number of benzene rings is 1. The zero-order valence-electron chi connectivity index (χ0n) is 17.4. The molecule has 29 heavy (non-hydrogen) atoms. The number of rotatable bonds is 10. The van der Waals surface area contributed by atoms with Crippen LogP contribution in [-0.2, 0) is 13.0 Å². The van der Waals surface area contributed by atoms with Gasteiger partial charge in [-0.15, -0.1) is 0 Å². The SMILES string of the molecule is CCNC(=NCCCc1nc(C(C)C)no1)N(C)Cc1ccc(OC(F)F)cc1. The highest BCUT2D eigenvalue weighted by Crippen LogP contribution is 2.16. The van der Waals surface area contributed by atoms with Crippen molar-refractivity contribution in [1.82, 2.24) is 20.4 Å². The summed E-state index contributed by atoms with van der Waals surface area (Å²) in [5, 5.41) is 7.22. The molecule has 0 spiro atoms. The molecule has 0 radical (unpaired) electrons. The fourth-order valence-electron chi connectivity index (χ4n) is 2.61. The van der Waals surface area contributed by atoms with Crippen molar-refractivity contribution in [1.29, 1.82) is 0 Å². The molecule has 0 saturated heterocycles. The third-order valence-electron chi connectivity index (χ3n) is 4.08. The van der Waals surface area contributed by atoms with Gasteiger partial charge in [-0.3, -0.25) is 4.99 Å². The van der Waals surface area contributed by atoms with Crippen LogP contribution in [0.25, 0.3) is 0 Å². The summed E-state index contributed by atoms with van der Waals surface area (Å²) in [4.78, 5) is 11.0. The summed E-state index contributed by atoms with van der Waals surface area (Å²) < 4.78 is 34.1. The van der Waals surface area contributed by atoms with E-state index in [0.29, 0.717) is 25.4 Å². The van der Waals surface area contributed by atoms with E-state index in [1.165, 1.54) is 12.1 Å². The Kier molecular flexibility index (Phi) is 8.82. The van der Waals surface area contributed by atoms with Gasteiger partial charge in [0.1, 0.15) is 5.75 Å². The van der Waals surface area contributed by atoms with Crippen LogP contribution in [-0.4, -0.2) is 47.7 Å². The molecule has 1 aromatic heterocycles.